The molecule has 3 rings (SSSR count). The van der Waals surface area contributed by atoms with Crippen LogP contribution in [0, 0.1) is 6.92 Å². The molecular weight excluding hydrogens is 569 g/mol. The second-order valence-electron chi connectivity index (χ2n) is 8.70. The van der Waals surface area contributed by atoms with Gasteiger partial charge < -0.3 is 22.5 Å². The summed E-state index contributed by atoms with van der Waals surface area (Å²) in [5.41, 5.74) is 18.0. The van der Waals surface area contributed by atoms with Crippen LogP contribution in [0.25, 0.3) is 10.8 Å². The van der Waals surface area contributed by atoms with E-state index in [-0.39, 0.29) is 64.7 Å². The lowest BCUT2D eigenvalue weighted by molar-refractivity contribution is -0.128. The minimum Gasteiger partial charge on any atom is -0.370 e. The van der Waals surface area contributed by atoms with Crippen molar-refractivity contribution in [1.29, 1.82) is 0 Å². The fourth-order valence-corrected chi connectivity index (χ4v) is 5.44. The van der Waals surface area contributed by atoms with Crippen LogP contribution in [0.15, 0.2) is 76.6 Å². The van der Waals surface area contributed by atoms with Crippen LogP contribution >= 0.6 is 27.0 Å². The number of nitrogens with two attached hydrogens (primary N) is 3. The Balaban J connectivity index is 0.00000507. The molecule has 0 aliphatic carbocycles. The lowest BCUT2D eigenvalue weighted by Crippen LogP contribution is -2.53. The number of guanidine groups is 1. The summed E-state index contributed by atoms with van der Waals surface area (Å²) < 4.78 is 29.5. The molecule has 0 bridgehead atoms. The minimum atomic E-state index is -4.13. The smallest absolute Gasteiger partial charge is 0.241 e. The van der Waals surface area contributed by atoms with Crippen molar-refractivity contribution in [3.8, 4) is 0 Å². The van der Waals surface area contributed by atoms with Gasteiger partial charge >= 0.3 is 0 Å². The van der Waals surface area contributed by atoms with E-state index >= 15 is 0 Å². The van der Waals surface area contributed by atoms with E-state index in [1.807, 2.05) is 37.3 Å². The average molecular weight is 609 g/mol. The second kappa shape index (κ2) is 16.8. The molecule has 0 saturated carbocycles. The molecule has 3 aromatic carbocycles. The van der Waals surface area contributed by atoms with Gasteiger partial charge in [-0.2, -0.15) is 31.7 Å². The fourth-order valence-electron chi connectivity index (χ4n) is 4.00. The third-order valence-electron chi connectivity index (χ3n) is 5.89. The van der Waals surface area contributed by atoms with Gasteiger partial charge in [-0.25, -0.2) is 8.42 Å². The summed E-state index contributed by atoms with van der Waals surface area (Å²) in [5.74, 6) is -1.52. The van der Waals surface area contributed by atoms with Crippen LogP contribution in [-0.2, 0) is 26.0 Å². The highest BCUT2D eigenvalue weighted by Gasteiger charge is 2.29. The van der Waals surface area contributed by atoms with E-state index in [1.165, 1.54) is 6.07 Å². The number of aliphatic imine (C=N–C) groups is 1. The van der Waals surface area contributed by atoms with Gasteiger partial charge in [-0.15, -0.1) is 0 Å². The monoisotopic (exact) mass is 608 g/mol. The third-order valence-corrected chi connectivity index (χ3v) is 7.42. The Morgan fingerprint density at radius 3 is 2.08 bits per heavy atom. The summed E-state index contributed by atoms with van der Waals surface area (Å²) >= 11 is 0. The topological polar surface area (TPSA) is 183 Å². The van der Waals surface area contributed by atoms with Crippen molar-refractivity contribution in [3.63, 3.8) is 0 Å². The van der Waals surface area contributed by atoms with Crippen LogP contribution in [0.1, 0.15) is 31.4 Å². The molecule has 0 spiro atoms. The first-order chi connectivity index (χ1) is 17.6. The molecule has 13 heteroatoms. The van der Waals surface area contributed by atoms with Gasteiger partial charge in [-0.05, 0) is 42.3 Å². The predicted octanol–water partition coefficient (Wildman–Crippen LogP) is 1.92. The molecule has 10 nitrogen and oxygen atoms in total. The second-order valence-corrected chi connectivity index (χ2v) is 10.4. The summed E-state index contributed by atoms with van der Waals surface area (Å²) in [6.07, 6.45) is 0.563. The maximum absolute atomic E-state index is 13.5. The highest BCUT2D eigenvalue weighted by atomic mass is 32.2. The number of rotatable bonds is 12. The van der Waals surface area contributed by atoms with Crippen molar-refractivity contribution in [2.24, 2.45) is 22.2 Å². The average Bonchev–Trinajstić information content (AvgIpc) is 2.86. The number of hydrogen-bond acceptors (Lipinski definition) is 5. The van der Waals surface area contributed by atoms with E-state index in [1.54, 1.807) is 30.3 Å². The van der Waals surface area contributed by atoms with Gasteiger partial charge in [0, 0.05) is 18.4 Å². The van der Waals surface area contributed by atoms with Gasteiger partial charge in [-0.3, -0.25) is 14.6 Å². The molecule has 0 aliphatic rings. The van der Waals surface area contributed by atoms with Crippen molar-refractivity contribution >= 4 is 65.6 Å². The molecule has 0 unspecified atom stereocenters. The summed E-state index contributed by atoms with van der Waals surface area (Å²) in [5, 5.41) is 3.93. The molecular formula is C27H40N6O4S3. The van der Waals surface area contributed by atoms with Gasteiger partial charge in [0.2, 0.25) is 21.8 Å². The van der Waals surface area contributed by atoms with Gasteiger partial charge in [0.1, 0.15) is 12.1 Å². The zero-order valence-electron chi connectivity index (χ0n) is 21.6. The standard InChI is InChI=1S/C26H32N6O4S.CH4.2H2S/c1-17-13-14-23(20-11-6-5-10-19(17)20)37(35,36)32-21(12-7-15-30-26(28)29)25(34)31-22(24(27)33)16-18-8-3-2-4-9-18;;;/h2-6,8-11,13-14,21-22,32H,7,12,15-16H2,1H3,(H2,27,33)(H,31,34)(H4,28,29,30);1H4;2*1H2/t21-,22-;;;/m0.../s1. The molecule has 0 aliphatic heterocycles. The Labute approximate surface area is 250 Å². The number of benzene rings is 3. The lowest BCUT2D eigenvalue weighted by Gasteiger charge is -2.22. The van der Waals surface area contributed by atoms with E-state index in [0.717, 1.165) is 16.5 Å². The first-order valence-corrected chi connectivity index (χ1v) is 13.3. The molecule has 2 amide bonds. The Morgan fingerprint density at radius 1 is 0.875 bits per heavy atom. The van der Waals surface area contributed by atoms with Gasteiger partial charge in [0.25, 0.3) is 0 Å². The molecule has 2 atom stereocenters. The molecule has 0 saturated heterocycles. The maximum Gasteiger partial charge on any atom is 0.241 e. The van der Waals surface area contributed by atoms with Crippen LogP contribution in [0.5, 0.6) is 0 Å². The van der Waals surface area contributed by atoms with Gasteiger partial charge in [0.05, 0.1) is 4.90 Å². The Morgan fingerprint density at radius 2 is 1.48 bits per heavy atom. The van der Waals surface area contributed by atoms with Crippen LogP contribution in [0.3, 0.4) is 0 Å². The van der Waals surface area contributed by atoms with Crippen LogP contribution in [-0.4, -0.2) is 44.8 Å². The lowest BCUT2D eigenvalue weighted by atomic mass is 10.0. The predicted molar refractivity (Wildman–Crippen MR) is 171 cm³/mol. The molecule has 220 valence electrons. The minimum absolute atomic E-state index is 0. The number of primary amides is 1. The van der Waals surface area contributed by atoms with Crippen molar-refractivity contribution in [1.82, 2.24) is 10.0 Å². The molecule has 0 aromatic heterocycles. The number of sulfonamides is 1. The van der Waals surface area contributed by atoms with Gasteiger partial charge in [-0.1, -0.05) is 68.1 Å². The largest absolute Gasteiger partial charge is 0.370 e. The molecule has 0 heterocycles. The summed E-state index contributed by atoms with van der Waals surface area (Å²) in [6, 6.07) is 17.2. The Bertz CT molecular complexity index is 1400. The quantitative estimate of drug-likeness (QED) is 0.119. The number of amides is 2. The van der Waals surface area contributed by atoms with E-state index in [2.05, 4.69) is 15.0 Å². The van der Waals surface area contributed by atoms with Crippen molar-refractivity contribution in [2.75, 3.05) is 6.54 Å². The first kappa shape index (κ1) is 36.7. The summed E-state index contributed by atoms with van der Waals surface area (Å²) in [4.78, 5) is 29.3. The SMILES string of the molecule is C.Cc1ccc(S(=O)(=O)N[C@@H](CCCN=C(N)N)C(=O)N[C@@H](Cc2ccccc2)C(N)=O)c2ccccc12.S.S. The third kappa shape index (κ3) is 10.0. The van der Waals surface area contributed by atoms with E-state index in [4.69, 9.17) is 17.2 Å². The van der Waals surface area contributed by atoms with E-state index < -0.39 is 33.9 Å². The molecule has 3 aromatic rings. The van der Waals surface area contributed by atoms with Crippen molar-refractivity contribution in [2.45, 2.75) is 50.6 Å². The normalized spacial score (nSPS) is 12.0. The number of aryl methyl sites for hydroxylation is 1. The number of nitrogens with zero attached hydrogens (tertiary/aromatic N) is 1. The first-order valence-electron chi connectivity index (χ1n) is 11.8. The highest BCUT2D eigenvalue weighted by Crippen LogP contribution is 2.26. The fraction of sp³-hybridized carbons (Fsp3) is 0.296. The number of fused-ring (bicyclic) bond motifs is 1. The van der Waals surface area contributed by atoms with Gasteiger partial charge in [0.15, 0.2) is 5.96 Å². The Hall–Kier alpha value is -3.26. The number of carbonyl (C=O) groups excluding carboxylic acids is 2. The summed E-state index contributed by atoms with van der Waals surface area (Å²) in [7, 11) is -4.13. The molecule has 0 fully saturated rings. The van der Waals surface area contributed by atoms with Crippen LogP contribution in [0.2, 0.25) is 0 Å². The number of nitrogens with one attached hydrogen (secondary N) is 2. The van der Waals surface area contributed by atoms with E-state index in [0.29, 0.717) is 11.8 Å². The molecule has 0 radical (unpaired) electrons. The molecule has 40 heavy (non-hydrogen) atoms. The number of carbonyl (C=O) groups is 2. The zero-order chi connectivity index (χ0) is 27.0. The van der Waals surface area contributed by atoms with Crippen LogP contribution < -0.4 is 27.2 Å². The number of hydrogen-bond donors (Lipinski definition) is 5. The Kier molecular flexibility index (Phi) is 15.4. The highest BCUT2D eigenvalue weighted by molar-refractivity contribution is 7.89. The zero-order valence-corrected chi connectivity index (χ0v) is 24.4. The van der Waals surface area contributed by atoms with E-state index in [9.17, 15) is 18.0 Å². The maximum atomic E-state index is 13.5. The van der Waals surface area contributed by atoms with Crippen LogP contribution in [0.4, 0.5) is 0 Å². The summed E-state index contributed by atoms with van der Waals surface area (Å²) in [6.45, 7) is 2.09. The van der Waals surface area contributed by atoms with Crippen molar-refractivity contribution < 1.29 is 18.0 Å². The van der Waals surface area contributed by atoms with Crippen molar-refractivity contribution in [3.05, 3.63) is 77.9 Å². The molecule has 8 N–H and O–H groups in total.